The summed E-state index contributed by atoms with van der Waals surface area (Å²) in [4.78, 5) is 4.24. The molecule has 0 saturated heterocycles. The van der Waals surface area contributed by atoms with Crippen LogP contribution in [0.2, 0.25) is 0 Å². The van der Waals surface area contributed by atoms with Crippen molar-refractivity contribution in [3.63, 3.8) is 0 Å². The number of benzene rings is 2. The molecule has 108 valence electrons. The van der Waals surface area contributed by atoms with E-state index in [2.05, 4.69) is 65.1 Å². The first-order valence-electron chi connectivity index (χ1n) is 7.39. The number of aromatic nitrogens is 2. The van der Waals surface area contributed by atoms with Gasteiger partial charge in [0, 0.05) is 36.1 Å². The number of fused-ring (bicyclic) bond motifs is 3. The zero-order valence-electron chi connectivity index (χ0n) is 12.5. The zero-order valence-corrected chi connectivity index (χ0v) is 12.5. The molecule has 2 heterocycles. The molecule has 0 bridgehead atoms. The van der Waals surface area contributed by atoms with Crippen LogP contribution in [0.25, 0.3) is 32.9 Å². The zero-order chi connectivity index (χ0) is 15.1. The molecule has 2 aromatic heterocycles. The van der Waals surface area contributed by atoms with Crippen LogP contribution in [0.5, 0.6) is 0 Å². The van der Waals surface area contributed by atoms with Crippen LogP contribution in [0, 0.1) is 0 Å². The lowest BCUT2D eigenvalue weighted by Gasteiger charge is -2.05. The van der Waals surface area contributed by atoms with E-state index in [0.29, 0.717) is 6.54 Å². The highest BCUT2D eigenvalue weighted by Gasteiger charge is 2.09. The van der Waals surface area contributed by atoms with Crippen molar-refractivity contribution in [2.75, 3.05) is 0 Å². The van der Waals surface area contributed by atoms with E-state index in [4.69, 9.17) is 5.73 Å². The van der Waals surface area contributed by atoms with E-state index in [9.17, 15) is 0 Å². The van der Waals surface area contributed by atoms with Gasteiger partial charge in [0.2, 0.25) is 0 Å². The minimum absolute atomic E-state index is 0.565. The Morgan fingerprint density at radius 2 is 1.82 bits per heavy atom. The molecule has 0 amide bonds. The van der Waals surface area contributed by atoms with Crippen LogP contribution in [0.4, 0.5) is 0 Å². The maximum Gasteiger partial charge on any atom is 0.0675 e. The summed E-state index contributed by atoms with van der Waals surface area (Å²) in [5.74, 6) is 0. The SMILES string of the molecule is Cn1c2ccc(-c3cccc(CN)c3)cc2c2ccncc21. The van der Waals surface area contributed by atoms with Gasteiger partial charge in [0.25, 0.3) is 0 Å². The summed E-state index contributed by atoms with van der Waals surface area (Å²) >= 11 is 0. The van der Waals surface area contributed by atoms with Gasteiger partial charge in [-0.15, -0.1) is 0 Å². The number of hydrogen-bond donors (Lipinski definition) is 1. The highest BCUT2D eigenvalue weighted by Crippen LogP contribution is 2.31. The van der Waals surface area contributed by atoms with Crippen LogP contribution < -0.4 is 5.73 Å². The Bertz CT molecular complexity index is 982. The summed E-state index contributed by atoms with van der Waals surface area (Å²) in [6.07, 6.45) is 3.77. The van der Waals surface area contributed by atoms with Gasteiger partial charge in [-0.05, 0) is 41.0 Å². The molecule has 3 heteroatoms. The molecule has 0 atom stereocenters. The first-order valence-corrected chi connectivity index (χ1v) is 7.39. The molecule has 4 rings (SSSR count). The average Bonchev–Trinajstić information content (AvgIpc) is 2.88. The lowest BCUT2D eigenvalue weighted by Crippen LogP contribution is -1.95. The molecule has 0 aliphatic carbocycles. The normalized spacial score (nSPS) is 11.4. The van der Waals surface area contributed by atoms with Gasteiger partial charge in [-0.2, -0.15) is 0 Å². The number of pyridine rings is 1. The Labute approximate surface area is 129 Å². The smallest absolute Gasteiger partial charge is 0.0675 e. The fourth-order valence-corrected chi connectivity index (χ4v) is 3.11. The van der Waals surface area contributed by atoms with Crippen molar-refractivity contribution in [3.8, 4) is 11.1 Å². The molecule has 0 fully saturated rings. The van der Waals surface area contributed by atoms with E-state index < -0.39 is 0 Å². The molecule has 3 nitrogen and oxygen atoms in total. The molecule has 2 N–H and O–H groups in total. The summed E-state index contributed by atoms with van der Waals surface area (Å²) < 4.78 is 2.19. The highest BCUT2D eigenvalue weighted by molar-refractivity contribution is 6.08. The molecule has 22 heavy (non-hydrogen) atoms. The number of hydrogen-bond acceptors (Lipinski definition) is 2. The summed E-state index contributed by atoms with van der Waals surface area (Å²) in [5, 5.41) is 2.50. The molecule has 0 spiro atoms. The van der Waals surface area contributed by atoms with Gasteiger partial charge in [-0.25, -0.2) is 0 Å². The second-order valence-electron chi connectivity index (χ2n) is 5.59. The number of nitrogens with two attached hydrogens (primary N) is 1. The molecule has 2 aromatic carbocycles. The van der Waals surface area contributed by atoms with Crippen LogP contribution in [0.3, 0.4) is 0 Å². The quantitative estimate of drug-likeness (QED) is 0.608. The molecule has 0 unspecified atom stereocenters. The van der Waals surface area contributed by atoms with Gasteiger partial charge in [0.05, 0.1) is 11.7 Å². The minimum atomic E-state index is 0.565. The summed E-state index contributed by atoms with van der Waals surface area (Å²) in [5.41, 5.74) is 11.7. The van der Waals surface area contributed by atoms with E-state index in [1.165, 1.54) is 27.4 Å². The van der Waals surface area contributed by atoms with Crippen LogP contribution in [0.1, 0.15) is 5.56 Å². The van der Waals surface area contributed by atoms with E-state index >= 15 is 0 Å². The van der Waals surface area contributed by atoms with Gasteiger partial charge in [-0.3, -0.25) is 4.98 Å². The topological polar surface area (TPSA) is 43.8 Å². The van der Waals surface area contributed by atoms with Crippen LogP contribution in [-0.4, -0.2) is 9.55 Å². The van der Waals surface area contributed by atoms with Crippen molar-refractivity contribution >= 4 is 21.8 Å². The van der Waals surface area contributed by atoms with Crippen molar-refractivity contribution in [1.82, 2.24) is 9.55 Å². The van der Waals surface area contributed by atoms with E-state index in [1.807, 2.05) is 12.4 Å². The number of nitrogens with zero attached hydrogens (tertiary/aromatic N) is 2. The van der Waals surface area contributed by atoms with Gasteiger partial charge in [-0.1, -0.05) is 24.3 Å². The standard InChI is InChI=1S/C19H17N3/c1-22-18-6-5-15(14-4-2-3-13(9-14)11-20)10-17(18)16-7-8-21-12-19(16)22/h2-10,12H,11,20H2,1H3. The van der Waals surface area contributed by atoms with Gasteiger partial charge < -0.3 is 10.3 Å². The Morgan fingerprint density at radius 1 is 0.955 bits per heavy atom. The van der Waals surface area contributed by atoms with Gasteiger partial charge in [0.15, 0.2) is 0 Å². The summed E-state index contributed by atoms with van der Waals surface area (Å²) in [6.45, 7) is 0.565. The van der Waals surface area contributed by atoms with Crippen LogP contribution >= 0.6 is 0 Å². The largest absolute Gasteiger partial charge is 0.342 e. The van der Waals surface area contributed by atoms with Crippen LogP contribution in [-0.2, 0) is 13.6 Å². The molecule has 0 aliphatic heterocycles. The van der Waals surface area contributed by atoms with E-state index in [-0.39, 0.29) is 0 Å². The van der Waals surface area contributed by atoms with E-state index in [1.54, 1.807) is 0 Å². The summed E-state index contributed by atoms with van der Waals surface area (Å²) in [6, 6.07) is 17.1. The summed E-state index contributed by atoms with van der Waals surface area (Å²) in [7, 11) is 2.08. The molecular formula is C19H17N3. The van der Waals surface area contributed by atoms with Gasteiger partial charge in [0.1, 0.15) is 0 Å². The third-order valence-electron chi connectivity index (χ3n) is 4.31. The third kappa shape index (κ3) is 1.90. The highest BCUT2D eigenvalue weighted by atomic mass is 14.9. The van der Waals surface area contributed by atoms with Crippen molar-refractivity contribution < 1.29 is 0 Å². The maximum absolute atomic E-state index is 5.75. The molecule has 0 radical (unpaired) electrons. The second-order valence-corrected chi connectivity index (χ2v) is 5.59. The van der Waals surface area contributed by atoms with Crippen molar-refractivity contribution in [2.45, 2.75) is 6.54 Å². The lowest BCUT2D eigenvalue weighted by atomic mass is 10.0. The molecular weight excluding hydrogens is 270 g/mol. The van der Waals surface area contributed by atoms with Gasteiger partial charge >= 0.3 is 0 Å². The second kappa shape index (κ2) is 4.97. The minimum Gasteiger partial charge on any atom is -0.342 e. The average molecular weight is 287 g/mol. The molecule has 4 aromatic rings. The predicted octanol–water partition coefficient (Wildman–Crippen LogP) is 3.85. The van der Waals surface area contributed by atoms with Crippen molar-refractivity contribution in [3.05, 3.63) is 66.5 Å². The fraction of sp³-hybridized carbons (Fsp3) is 0.105. The van der Waals surface area contributed by atoms with Crippen molar-refractivity contribution in [2.24, 2.45) is 12.8 Å². The number of aryl methyl sites for hydroxylation is 1. The Hall–Kier alpha value is -2.65. The fourth-order valence-electron chi connectivity index (χ4n) is 3.11. The van der Waals surface area contributed by atoms with E-state index in [0.717, 1.165) is 11.1 Å². The molecule has 0 saturated carbocycles. The number of rotatable bonds is 2. The monoisotopic (exact) mass is 287 g/mol. The maximum atomic E-state index is 5.75. The first-order chi connectivity index (χ1) is 10.8. The lowest BCUT2D eigenvalue weighted by molar-refractivity contribution is 1.01. The Balaban J connectivity index is 1.99. The molecule has 0 aliphatic rings. The third-order valence-corrected chi connectivity index (χ3v) is 4.31. The Kier molecular flexibility index (Phi) is 2.94. The van der Waals surface area contributed by atoms with Crippen molar-refractivity contribution in [1.29, 1.82) is 0 Å². The van der Waals surface area contributed by atoms with Crippen LogP contribution in [0.15, 0.2) is 60.9 Å². The predicted molar refractivity (Wildman–Crippen MR) is 91.5 cm³/mol. The first kappa shape index (κ1) is 13.0. The Morgan fingerprint density at radius 3 is 2.68 bits per heavy atom.